The number of aliphatic hydroxyl groups excluding tert-OH is 1. The molecule has 1 unspecified atom stereocenters. The summed E-state index contributed by atoms with van der Waals surface area (Å²) in [4.78, 5) is 31.8. The van der Waals surface area contributed by atoms with Gasteiger partial charge in [-0.3, -0.25) is 19.5 Å². The molecular weight excluding hydrogens is 468 g/mol. The number of hydrogen-bond acceptors (Lipinski definition) is 6. The van der Waals surface area contributed by atoms with Crippen molar-refractivity contribution in [1.29, 1.82) is 0 Å². The Kier molecular flexibility index (Phi) is 6.30. The van der Waals surface area contributed by atoms with Crippen molar-refractivity contribution < 1.29 is 24.5 Å². The molecule has 0 radical (unpaired) electrons. The Balaban J connectivity index is 1.98. The van der Waals surface area contributed by atoms with Crippen LogP contribution in [0.3, 0.4) is 0 Å². The number of rotatable bonds is 4. The summed E-state index contributed by atoms with van der Waals surface area (Å²) >= 11 is 6.14. The number of ether oxygens (including phenoxy) is 1. The van der Waals surface area contributed by atoms with Gasteiger partial charge in [-0.25, -0.2) is 0 Å². The van der Waals surface area contributed by atoms with Crippen LogP contribution in [0.4, 0.5) is 5.69 Å². The van der Waals surface area contributed by atoms with Gasteiger partial charge in [0, 0.05) is 28.5 Å². The van der Waals surface area contributed by atoms with Crippen LogP contribution in [-0.4, -0.2) is 34.0 Å². The molecule has 0 aliphatic carbocycles. The van der Waals surface area contributed by atoms with Gasteiger partial charge in [0.25, 0.3) is 11.7 Å². The number of ketones is 1. The molecule has 1 amide bonds. The first-order valence-corrected chi connectivity index (χ1v) is 11.3. The van der Waals surface area contributed by atoms with Gasteiger partial charge in [-0.1, -0.05) is 38.4 Å². The van der Waals surface area contributed by atoms with Gasteiger partial charge in [0.05, 0.1) is 24.4 Å². The van der Waals surface area contributed by atoms with E-state index >= 15 is 0 Å². The van der Waals surface area contributed by atoms with Crippen molar-refractivity contribution in [2.24, 2.45) is 0 Å². The maximum absolute atomic E-state index is 13.3. The van der Waals surface area contributed by atoms with E-state index in [4.69, 9.17) is 16.3 Å². The fourth-order valence-corrected chi connectivity index (χ4v) is 4.39. The molecule has 1 saturated heterocycles. The predicted molar refractivity (Wildman–Crippen MR) is 134 cm³/mol. The first-order valence-electron chi connectivity index (χ1n) is 10.9. The predicted octanol–water partition coefficient (Wildman–Crippen LogP) is 5.37. The maximum atomic E-state index is 13.3. The Labute approximate surface area is 208 Å². The molecule has 3 aromatic rings. The van der Waals surface area contributed by atoms with E-state index in [0.717, 1.165) is 10.5 Å². The number of aliphatic hydroxyl groups is 1. The summed E-state index contributed by atoms with van der Waals surface area (Å²) in [6.45, 7) is 6.02. The molecule has 8 heteroatoms. The van der Waals surface area contributed by atoms with Gasteiger partial charge in [0.15, 0.2) is 0 Å². The highest BCUT2D eigenvalue weighted by Crippen LogP contribution is 2.45. The number of aromatic hydroxyl groups is 1. The molecule has 1 fully saturated rings. The van der Waals surface area contributed by atoms with Crippen LogP contribution in [0.5, 0.6) is 11.5 Å². The van der Waals surface area contributed by atoms with E-state index in [2.05, 4.69) is 4.98 Å². The zero-order chi connectivity index (χ0) is 25.5. The van der Waals surface area contributed by atoms with Crippen LogP contribution in [0.2, 0.25) is 5.02 Å². The molecule has 0 spiro atoms. The molecule has 4 rings (SSSR count). The number of anilines is 1. The van der Waals surface area contributed by atoms with Crippen molar-refractivity contribution in [3.63, 3.8) is 0 Å². The van der Waals surface area contributed by atoms with Crippen LogP contribution < -0.4 is 9.64 Å². The number of amides is 1. The van der Waals surface area contributed by atoms with Gasteiger partial charge in [-0.05, 0) is 53.4 Å². The third kappa shape index (κ3) is 4.35. The summed E-state index contributed by atoms with van der Waals surface area (Å²) in [7, 11) is 1.56. The number of pyridine rings is 1. The quantitative estimate of drug-likeness (QED) is 0.288. The number of phenolic OH excluding ortho intramolecular Hbond substituents is 1. The maximum Gasteiger partial charge on any atom is 0.300 e. The monoisotopic (exact) mass is 492 g/mol. The van der Waals surface area contributed by atoms with Crippen LogP contribution in [0.25, 0.3) is 5.76 Å². The smallest absolute Gasteiger partial charge is 0.300 e. The summed E-state index contributed by atoms with van der Waals surface area (Å²) in [5, 5.41) is 22.2. The third-order valence-corrected chi connectivity index (χ3v) is 6.16. The van der Waals surface area contributed by atoms with Crippen molar-refractivity contribution in [2.45, 2.75) is 32.2 Å². The Morgan fingerprint density at radius 2 is 1.86 bits per heavy atom. The zero-order valence-corrected chi connectivity index (χ0v) is 20.5. The van der Waals surface area contributed by atoms with Crippen molar-refractivity contribution in [1.82, 2.24) is 4.98 Å². The summed E-state index contributed by atoms with van der Waals surface area (Å²) in [5.74, 6) is -1.72. The van der Waals surface area contributed by atoms with E-state index in [-0.39, 0.29) is 33.2 Å². The van der Waals surface area contributed by atoms with E-state index in [0.29, 0.717) is 16.9 Å². The lowest BCUT2D eigenvalue weighted by molar-refractivity contribution is -0.132. The molecule has 1 aliphatic heterocycles. The molecule has 0 saturated carbocycles. The number of carbonyl (C=O) groups is 2. The van der Waals surface area contributed by atoms with Crippen molar-refractivity contribution in [3.8, 4) is 11.5 Å². The highest BCUT2D eigenvalue weighted by Gasteiger charge is 2.48. The van der Waals surface area contributed by atoms with Crippen LogP contribution in [0, 0.1) is 0 Å². The number of phenols is 1. The van der Waals surface area contributed by atoms with Crippen LogP contribution in [0.1, 0.15) is 43.5 Å². The SMILES string of the molecule is COc1ccc(/C(O)=C2/C(=O)C(=O)N(c3cc(Cl)ccc3O)C2c2cccnc2)cc1C(C)(C)C. The number of benzene rings is 2. The lowest BCUT2D eigenvalue weighted by Gasteiger charge is -2.26. The molecule has 7 nitrogen and oxygen atoms in total. The highest BCUT2D eigenvalue weighted by molar-refractivity contribution is 6.52. The van der Waals surface area contributed by atoms with E-state index < -0.39 is 17.7 Å². The summed E-state index contributed by atoms with van der Waals surface area (Å²) in [6.07, 6.45) is 3.07. The molecule has 0 bridgehead atoms. The van der Waals surface area contributed by atoms with Crippen LogP contribution in [0.15, 0.2) is 66.5 Å². The minimum Gasteiger partial charge on any atom is -0.507 e. The molecule has 2 heterocycles. The number of carbonyl (C=O) groups excluding carboxylic acids is 2. The van der Waals surface area contributed by atoms with E-state index in [1.165, 1.54) is 24.4 Å². The lowest BCUT2D eigenvalue weighted by atomic mass is 9.84. The molecule has 1 aromatic heterocycles. The number of aromatic nitrogens is 1. The summed E-state index contributed by atoms with van der Waals surface area (Å²) in [6, 6.07) is 11.6. The Morgan fingerprint density at radius 3 is 2.49 bits per heavy atom. The summed E-state index contributed by atoms with van der Waals surface area (Å²) < 4.78 is 5.48. The van der Waals surface area contributed by atoms with E-state index in [1.807, 2.05) is 20.8 Å². The average Bonchev–Trinajstić information content (AvgIpc) is 3.10. The van der Waals surface area contributed by atoms with Crippen molar-refractivity contribution in [3.05, 3.63) is 88.2 Å². The lowest BCUT2D eigenvalue weighted by Crippen LogP contribution is -2.29. The van der Waals surface area contributed by atoms with Gasteiger partial charge in [0.2, 0.25) is 0 Å². The largest absolute Gasteiger partial charge is 0.507 e. The molecule has 1 aliphatic rings. The normalized spacial score (nSPS) is 17.6. The molecule has 35 heavy (non-hydrogen) atoms. The molecule has 2 N–H and O–H groups in total. The second kappa shape index (κ2) is 9.07. The zero-order valence-electron chi connectivity index (χ0n) is 19.7. The molecular formula is C27H25ClN2O5. The molecule has 2 aromatic carbocycles. The van der Waals surface area contributed by atoms with Crippen LogP contribution in [-0.2, 0) is 15.0 Å². The number of Topliss-reactive ketones (excluding diaryl/α,β-unsaturated/α-hetero) is 1. The van der Waals surface area contributed by atoms with Gasteiger partial charge in [-0.15, -0.1) is 0 Å². The fraction of sp³-hybridized carbons (Fsp3) is 0.222. The number of methoxy groups -OCH3 is 1. The van der Waals surface area contributed by atoms with Gasteiger partial charge in [-0.2, -0.15) is 0 Å². The van der Waals surface area contributed by atoms with Gasteiger partial charge < -0.3 is 14.9 Å². The number of nitrogens with zero attached hydrogens (tertiary/aromatic N) is 2. The standard InChI is InChI=1S/C27H25ClN2O5/c1-27(2,3)18-12-15(7-10-21(18)35-4)24(32)22-23(16-6-5-11-29-14-16)30(26(34)25(22)33)19-13-17(28)8-9-20(19)31/h5-14,23,31-32H,1-4H3/b24-22-. The average molecular weight is 493 g/mol. The third-order valence-electron chi connectivity index (χ3n) is 5.92. The van der Waals surface area contributed by atoms with Crippen molar-refractivity contribution in [2.75, 3.05) is 12.0 Å². The fourth-order valence-electron chi connectivity index (χ4n) is 4.22. The van der Waals surface area contributed by atoms with E-state index in [9.17, 15) is 19.8 Å². The highest BCUT2D eigenvalue weighted by atomic mass is 35.5. The van der Waals surface area contributed by atoms with Crippen LogP contribution >= 0.6 is 11.6 Å². The number of hydrogen-bond donors (Lipinski definition) is 2. The van der Waals surface area contributed by atoms with Gasteiger partial charge in [0.1, 0.15) is 17.3 Å². The van der Waals surface area contributed by atoms with Crippen molar-refractivity contribution >= 4 is 34.7 Å². The van der Waals surface area contributed by atoms with E-state index in [1.54, 1.807) is 43.6 Å². The molecule has 180 valence electrons. The minimum absolute atomic E-state index is 0.0533. The molecule has 1 atom stereocenters. The number of halogens is 1. The topological polar surface area (TPSA) is 100.0 Å². The Hall–Kier alpha value is -3.84. The Morgan fingerprint density at radius 1 is 1.11 bits per heavy atom. The first kappa shape index (κ1) is 24.3. The minimum atomic E-state index is -1.03. The summed E-state index contributed by atoms with van der Waals surface area (Å²) in [5.41, 5.74) is 1.28. The Bertz CT molecular complexity index is 1350. The second-order valence-electron chi connectivity index (χ2n) is 9.25. The second-order valence-corrected chi connectivity index (χ2v) is 9.69. The first-order chi connectivity index (χ1) is 16.5. The van der Waals surface area contributed by atoms with Gasteiger partial charge >= 0.3 is 0 Å².